The molecule has 6 nitrogen and oxygen atoms in total. The Balaban J connectivity index is 1.22. The van der Waals surface area contributed by atoms with Crippen molar-refractivity contribution in [3.63, 3.8) is 0 Å². The number of ketones is 1. The Morgan fingerprint density at radius 2 is 1.91 bits per heavy atom. The molecule has 1 spiro atoms. The number of hydrogen-bond acceptors (Lipinski definition) is 6. The van der Waals surface area contributed by atoms with E-state index >= 15 is 0 Å². The first-order valence-electron chi connectivity index (χ1n) is 10.2. The molecule has 166 valence electrons. The van der Waals surface area contributed by atoms with Crippen LogP contribution in [-0.2, 0) is 16.0 Å². The molecule has 1 amide bonds. The van der Waals surface area contributed by atoms with E-state index in [9.17, 15) is 22.8 Å². The van der Waals surface area contributed by atoms with E-state index in [1.807, 2.05) is 31.2 Å². The Morgan fingerprint density at radius 3 is 2.56 bits per heavy atom. The summed E-state index contributed by atoms with van der Waals surface area (Å²) in [4.78, 5) is 29.2. The number of rotatable bonds is 4. The number of Topliss-reactive ketones (excluding diaryl/α,β-unsaturated/α-hetero) is 1. The Hall–Kier alpha value is -2.88. The fraction of sp³-hybridized carbons (Fsp3) is 0.409. The first-order chi connectivity index (χ1) is 15.1. The summed E-state index contributed by atoms with van der Waals surface area (Å²) in [6.45, 7) is 2.06. The van der Waals surface area contributed by atoms with Crippen LogP contribution in [0.5, 0.6) is 0 Å². The lowest BCUT2D eigenvalue weighted by molar-refractivity contribution is -0.203. The van der Waals surface area contributed by atoms with Crippen molar-refractivity contribution in [3.05, 3.63) is 41.2 Å². The molecule has 32 heavy (non-hydrogen) atoms. The third-order valence-corrected chi connectivity index (χ3v) is 7.19. The second-order valence-electron chi connectivity index (χ2n) is 8.77. The molecule has 10 heteroatoms. The van der Waals surface area contributed by atoms with Crippen molar-refractivity contribution in [3.8, 4) is 10.6 Å². The van der Waals surface area contributed by atoms with Gasteiger partial charge in [0.05, 0.1) is 0 Å². The van der Waals surface area contributed by atoms with E-state index in [1.165, 1.54) is 11.3 Å². The number of carbonyl (C=O) groups is 2. The highest BCUT2D eigenvalue weighted by Gasteiger charge is 2.58. The van der Waals surface area contributed by atoms with Crippen molar-refractivity contribution in [1.82, 2.24) is 20.1 Å². The zero-order valence-corrected chi connectivity index (χ0v) is 18.0. The van der Waals surface area contributed by atoms with E-state index in [2.05, 4.69) is 15.2 Å². The zero-order valence-electron chi connectivity index (χ0n) is 17.1. The standard InChI is InChI=1S/C22H19F3N4O2S/c1-12-27-28-19(32-12)13-2-3-14-9-26-17(5-15(14)4-13)6-18(30)16-7-21(8-16)10-29(11-21)20(31)22(23,24)25/h2-5,9,16H,6-8,10-11H2,1H3. The van der Waals surface area contributed by atoms with Crippen LogP contribution in [0.15, 0.2) is 30.5 Å². The highest BCUT2D eigenvalue weighted by molar-refractivity contribution is 7.14. The molecule has 1 saturated heterocycles. The van der Waals surface area contributed by atoms with E-state index < -0.39 is 12.1 Å². The number of nitrogens with zero attached hydrogens (tertiary/aromatic N) is 4. The maximum Gasteiger partial charge on any atom is 0.471 e. The van der Waals surface area contributed by atoms with E-state index in [0.29, 0.717) is 18.5 Å². The number of halogens is 3. The molecule has 1 saturated carbocycles. The van der Waals surface area contributed by atoms with Crippen molar-refractivity contribution in [2.75, 3.05) is 13.1 Å². The molecule has 2 aliphatic rings. The maximum absolute atomic E-state index is 12.7. The van der Waals surface area contributed by atoms with Crippen LogP contribution < -0.4 is 0 Å². The van der Waals surface area contributed by atoms with Gasteiger partial charge in [-0.05, 0) is 37.3 Å². The van der Waals surface area contributed by atoms with Crippen molar-refractivity contribution in [1.29, 1.82) is 0 Å². The average Bonchev–Trinajstić information content (AvgIpc) is 3.10. The molecule has 0 radical (unpaired) electrons. The number of benzene rings is 1. The molecule has 1 aliphatic heterocycles. The Labute approximate surface area is 185 Å². The molecule has 2 aromatic heterocycles. The lowest BCUT2D eigenvalue weighted by Gasteiger charge is -2.58. The monoisotopic (exact) mass is 460 g/mol. The molecule has 1 aromatic carbocycles. The van der Waals surface area contributed by atoms with Gasteiger partial charge in [0.2, 0.25) is 0 Å². The second-order valence-corrected chi connectivity index (χ2v) is 9.95. The van der Waals surface area contributed by atoms with Gasteiger partial charge in [0.15, 0.2) is 0 Å². The molecule has 3 heterocycles. The molecule has 1 aliphatic carbocycles. The lowest BCUT2D eigenvalue weighted by Crippen LogP contribution is -2.66. The summed E-state index contributed by atoms with van der Waals surface area (Å²) >= 11 is 1.51. The van der Waals surface area contributed by atoms with E-state index in [-0.39, 0.29) is 36.6 Å². The van der Waals surface area contributed by atoms with Crippen molar-refractivity contribution < 1.29 is 22.8 Å². The Kier molecular flexibility index (Phi) is 4.81. The summed E-state index contributed by atoms with van der Waals surface area (Å²) in [7, 11) is 0. The number of amides is 1. The van der Waals surface area contributed by atoms with Crippen LogP contribution in [0.3, 0.4) is 0 Å². The second kappa shape index (κ2) is 7.33. The highest BCUT2D eigenvalue weighted by Crippen LogP contribution is 2.53. The first-order valence-corrected chi connectivity index (χ1v) is 11.0. The number of alkyl halides is 3. The number of hydrogen-bond donors (Lipinski definition) is 0. The minimum absolute atomic E-state index is 0.0407. The Morgan fingerprint density at radius 1 is 1.16 bits per heavy atom. The van der Waals surface area contributed by atoms with E-state index in [1.54, 1.807) is 6.20 Å². The number of aromatic nitrogens is 3. The van der Waals surface area contributed by atoms with Gasteiger partial charge in [-0.1, -0.05) is 23.5 Å². The summed E-state index contributed by atoms with van der Waals surface area (Å²) < 4.78 is 37.6. The average molecular weight is 460 g/mol. The van der Waals surface area contributed by atoms with Crippen LogP contribution in [0.2, 0.25) is 0 Å². The largest absolute Gasteiger partial charge is 0.471 e. The minimum Gasteiger partial charge on any atom is -0.334 e. The van der Waals surface area contributed by atoms with Crippen LogP contribution in [0, 0.1) is 18.3 Å². The summed E-state index contributed by atoms with van der Waals surface area (Å²) in [5.41, 5.74) is 1.29. The number of carbonyl (C=O) groups excluding carboxylic acids is 2. The van der Waals surface area contributed by atoms with Gasteiger partial charge >= 0.3 is 12.1 Å². The molecule has 0 bridgehead atoms. The fourth-order valence-corrected chi connectivity index (χ4v) is 5.40. The number of pyridine rings is 1. The van der Waals surface area contributed by atoms with Crippen LogP contribution in [0.1, 0.15) is 23.5 Å². The molecule has 0 unspecified atom stereocenters. The van der Waals surface area contributed by atoms with Crippen molar-refractivity contribution in [2.24, 2.45) is 11.3 Å². The van der Waals surface area contributed by atoms with Crippen LogP contribution in [-0.4, -0.2) is 51.0 Å². The number of likely N-dealkylation sites (tertiary alicyclic amines) is 1. The topological polar surface area (TPSA) is 76.1 Å². The first kappa shape index (κ1) is 21.0. The van der Waals surface area contributed by atoms with Gasteiger partial charge in [0.1, 0.15) is 15.8 Å². The van der Waals surface area contributed by atoms with Crippen molar-refractivity contribution in [2.45, 2.75) is 32.4 Å². The summed E-state index contributed by atoms with van der Waals surface area (Å²) in [6.07, 6.45) is -1.85. The molecule has 3 aromatic rings. The summed E-state index contributed by atoms with van der Waals surface area (Å²) in [5, 5.41) is 11.9. The summed E-state index contributed by atoms with van der Waals surface area (Å²) in [6, 6.07) is 7.82. The molecule has 2 fully saturated rings. The lowest BCUT2D eigenvalue weighted by atomic mass is 9.56. The molecular weight excluding hydrogens is 441 g/mol. The SMILES string of the molecule is Cc1nnc(-c2ccc3cnc(CC(=O)C4CC5(C4)CN(C(=O)C(F)(F)F)C5)cc3c2)s1. The predicted octanol–water partition coefficient (Wildman–Crippen LogP) is 3.97. The smallest absolute Gasteiger partial charge is 0.334 e. The maximum atomic E-state index is 12.7. The third-order valence-electron chi connectivity index (χ3n) is 6.30. The van der Waals surface area contributed by atoms with Gasteiger partial charge in [-0.2, -0.15) is 13.2 Å². The predicted molar refractivity (Wildman–Crippen MR) is 112 cm³/mol. The quantitative estimate of drug-likeness (QED) is 0.589. The molecule has 5 rings (SSSR count). The zero-order chi connectivity index (χ0) is 22.7. The van der Waals surface area contributed by atoms with Gasteiger partial charge in [0.25, 0.3) is 0 Å². The van der Waals surface area contributed by atoms with Crippen LogP contribution in [0.25, 0.3) is 21.3 Å². The van der Waals surface area contributed by atoms with Gasteiger partial charge in [-0.15, -0.1) is 10.2 Å². The van der Waals surface area contributed by atoms with Crippen LogP contribution in [0.4, 0.5) is 13.2 Å². The van der Waals surface area contributed by atoms with Crippen molar-refractivity contribution >= 4 is 33.8 Å². The highest BCUT2D eigenvalue weighted by atomic mass is 32.1. The summed E-state index contributed by atoms with van der Waals surface area (Å²) in [5.74, 6) is -1.94. The van der Waals surface area contributed by atoms with Gasteiger partial charge in [-0.25, -0.2) is 0 Å². The third kappa shape index (κ3) is 3.76. The normalized spacial score (nSPS) is 17.9. The van der Waals surface area contributed by atoms with Gasteiger partial charge in [-0.3, -0.25) is 14.6 Å². The van der Waals surface area contributed by atoms with Crippen LogP contribution >= 0.6 is 11.3 Å². The number of fused-ring (bicyclic) bond motifs is 1. The van der Waals surface area contributed by atoms with E-state index in [0.717, 1.165) is 31.3 Å². The van der Waals surface area contributed by atoms with Gasteiger partial charge in [0, 0.05) is 53.7 Å². The van der Waals surface area contributed by atoms with E-state index in [4.69, 9.17) is 0 Å². The fourth-order valence-electron chi connectivity index (χ4n) is 4.71. The molecule has 0 N–H and O–H groups in total. The number of aryl methyl sites for hydroxylation is 1. The molecule has 0 atom stereocenters. The Bertz CT molecular complexity index is 1230. The molecular formula is C22H19F3N4O2S. The van der Waals surface area contributed by atoms with Gasteiger partial charge < -0.3 is 4.90 Å². The minimum atomic E-state index is -4.84.